The molecule has 8 nitrogen and oxygen atoms in total. The molecule has 0 fully saturated rings. The minimum Gasteiger partial charge on any atom is -0.493 e. The molecule has 0 spiro atoms. The molecule has 26 heavy (non-hydrogen) atoms. The van der Waals surface area contributed by atoms with Crippen molar-refractivity contribution in [2.75, 3.05) is 19.5 Å². The number of nitrogens with zero attached hydrogens (tertiary/aromatic N) is 2. The van der Waals surface area contributed by atoms with Crippen LogP contribution in [0, 0.1) is 0 Å². The third-order valence-electron chi connectivity index (χ3n) is 2.95. The second-order valence-electron chi connectivity index (χ2n) is 4.92. The lowest BCUT2D eigenvalue weighted by molar-refractivity contribution is -0.120. The molecule has 3 N–H and O–H groups in total. The van der Waals surface area contributed by atoms with Crippen molar-refractivity contribution in [1.82, 2.24) is 10.4 Å². The number of primary amides is 1. The van der Waals surface area contributed by atoms with Crippen LogP contribution in [0.3, 0.4) is 0 Å². The number of carbonyl (C=O) groups is 2. The molecule has 2 amide bonds. The van der Waals surface area contributed by atoms with Crippen molar-refractivity contribution in [3.63, 3.8) is 0 Å². The first kappa shape index (κ1) is 19.3. The van der Waals surface area contributed by atoms with Gasteiger partial charge in [0.25, 0.3) is 5.91 Å². The molecule has 2 aromatic rings. The number of aromatic nitrogens is 1. The van der Waals surface area contributed by atoms with E-state index in [0.29, 0.717) is 17.1 Å². The average Bonchev–Trinajstić information content (AvgIpc) is 2.66. The minimum atomic E-state index is -0.580. The topological polar surface area (TPSA) is 116 Å². The molecule has 0 unspecified atom stereocenters. The summed E-state index contributed by atoms with van der Waals surface area (Å²) in [5, 5.41) is 4.67. The molecule has 0 bridgehead atoms. The summed E-state index contributed by atoms with van der Waals surface area (Å²) in [7, 11) is 1.48. The van der Waals surface area contributed by atoms with Crippen LogP contribution >= 0.6 is 11.8 Å². The smallest absolute Gasteiger partial charge is 0.255 e. The quantitative estimate of drug-likeness (QED) is 0.387. The Morgan fingerprint density at radius 1 is 1.31 bits per heavy atom. The highest BCUT2D eigenvalue weighted by Crippen LogP contribution is 2.27. The van der Waals surface area contributed by atoms with Crippen LogP contribution in [0.1, 0.15) is 5.56 Å². The number of carbonyl (C=O) groups excluding carboxylic acids is 2. The molecule has 2 rings (SSSR count). The van der Waals surface area contributed by atoms with Gasteiger partial charge in [-0.15, -0.1) is 0 Å². The Kier molecular flexibility index (Phi) is 7.44. The van der Waals surface area contributed by atoms with E-state index in [0.717, 1.165) is 5.03 Å². The van der Waals surface area contributed by atoms with Crippen molar-refractivity contribution in [2.45, 2.75) is 5.03 Å². The summed E-state index contributed by atoms with van der Waals surface area (Å²) in [6.45, 7) is -0.242. The lowest BCUT2D eigenvalue weighted by Crippen LogP contribution is -2.20. The summed E-state index contributed by atoms with van der Waals surface area (Å²) >= 11 is 1.32. The number of thioether (sulfide) groups is 1. The third kappa shape index (κ3) is 6.44. The van der Waals surface area contributed by atoms with E-state index < -0.39 is 5.91 Å². The second-order valence-corrected chi connectivity index (χ2v) is 5.91. The summed E-state index contributed by atoms with van der Waals surface area (Å²) in [5.74, 6) is 0.193. The number of methoxy groups -OCH3 is 1. The van der Waals surface area contributed by atoms with Gasteiger partial charge in [-0.2, -0.15) is 5.10 Å². The molecule has 0 saturated carbocycles. The van der Waals surface area contributed by atoms with E-state index in [9.17, 15) is 9.59 Å². The van der Waals surface area contributed by atoms with Gasteiger partial charge in [0.15, 0.2) is 18.1 Å². The maximum absolute atomic E-state index is 11.8. The van der Waals surface area contributed by atoms with E-state index in [4.69, 9.17) is 15.2 Å². The fourth-order valence-electron chi connectivity index (χ4n) is 1.82. The fourth-order valence-corrected chi connectivity index (χ4v) is 2.47. The van der Waals surface area contributed by atoms with E-state index in [2.05, 4.69) is 15.5 Å². The monoisotopic (exact) mass is 374 g/mol. The number of hydrazone groups is 1. The molecule has 0 atom stereocenters. The maximum Gasteiger partial charge on any atom is 0.255 e. The van der Waals surface area contributed by atoms with Crippen molar-refractivity contribution < 1.29 is 19.1 Å². The first-order valence-electron chi connectivity index (χ1n) is 7.53. The molecule has 0 aliphatic rings. The summed E-state index contributed by atoms with van der Waals surface area (Å²) < 4.78 is 10.4. The molecule has 0 aliphatic carbocycles. The molecule has 0 aliphatic heterocycles. The van der Waals surface area contributed by atoms with E-state index in [-0.39, 0.29) is 18.3 Å². The van der Waals surface area contributed by atoms with Crippen LogP contribution in [0.4, 0.5) is 0 Å². The Morgan fingerprint density at radius 2 is 2.15 bits per heavy atom. The van der Waals surface area contributed by atoms with Crippen LogP contribution in [-0.2, 0) is 9.59 Å². The zero-order chi connectivity index (χ0) is 18.8. The SMILES string of the molecule is COc1cc(/C=N/NC(=O)CSc2ccccn2)ccc1OCC(N)=O. The Bertz CT molecular complexity index is 784. The average molecular weight is 374 g/mol. The summed E-state index contributed by atoms with van der Waals surface area (Å²) in [6, 6.07) is 10.5. The molecule has 9 heteroatoms. The predicted molar refractivity (Wildman–Crippen MR) is 98.4 cm³/mol. The van der Waals surface area contributed by atoms with Gasteiger partial charge in [-0.25, -0.2) is 10.4 Å². The second kappa shape index (κ2) is 10.0. The number of amides is 2. The number of hydrogen-bond donors (Lipinski definition) is 2. The summed E-state index contributed by atoms with van der Waals surface area (Å²) in [4.78, 5) is 26.7. The number of pyridine rings is 1. The Balaban J connectivity index is 1.86. The Hall–Kier alpha value is -3.07. The lowest BCUT2D eigenvalue weighted by atomic mass is 10.2. The number of nitrogens with two attached hydrogens (primary N) is 1. The predicted octanol–water partition coefficient (Wildman–Crippen LogP) is 1.20. The Morgan fingerprint density at radius 3 is 2.85 bits per heavy atom. The highest BCUT2D eigenvalue weighted by Gasteiger charge is 2.07. The number of benzene rings is 1. The van der Waals surface area contributed by atoms with Crippen molar-refractivity contribution in [1.29, 1.82) is 0 Å². The molecular formula is C17H18N4O4S. The molecule has 0 saturated heterocycles. The van der Waals surface area contributed by atoms with Crippen molar-refractivity contribution in [3.05, 3.63) is 48.2 Å². The van der Waals surface area contributed by atoms with Gasteiger partial charge in [-0.05, 0) is 35.9 Å². The van der Waals surface area contributed by atoms with Crippen LogP contribution in [0.25, 0.3) is 0 Å². The summed E-state index contributed by atoms with van der Waals surface area (Å²) in [5.41, 5.74) is 8.17. The van der Waals surface area contributed by atoms with Crippen LogP contribution in [-0.4, -0.2) is 42.5 Å². The van der Waals surface area contributed by atoms with Crippen LogP contribution in [0.2, 0.25) is 0 Å². The van der Waals surface area contributed by atoms with Crippen molar-refractivity contribution in [2.24, 2.45) is 10.8 Å². The van der Waals surface area contributed by atoms with Gasteiger partial charge in [0, 0.05) is 6.20 Å². The summed E-state index contributed by atoms with van der Waals surface area (Å²) in [6.07, 6.45) is 3.15. The highest BCUT2D eigenvalue weighted by atomic mass is 32.2. The fraction of sp³-hybridized carbons (Fsp3) is 0.176. The zero-order valence-corrected chi connectivity index (χ0v) is 14.9. The molecule has 1 heterocycles. The number of ether oxygens (including phenoxy) is 2. The Labute approximate surface area is 154 Å². The van der Waals surface area contributed by atoms with Gasteiger partial charge in [0.2, 0.25) is 5.91 Å². The van der Waals surface area contributed by atoms with Gasteiger partial charge < -0.3 is 15.2 Å². The number of hydrogen-bond acceptors (Lipinski definition) is 7. The van der Waals surface area contributed by atoms with E-state index in [1.54, 1.807) is 24.4 Å². The first-order chi connectivity index (χ1) is 12.6. The largest absolute Gasteiger partial charge is 0.493 e. The van der Waals surface area contributed by atoms with Crippen LogP contribution < -0.4 is 20.6 Å². The van der Waals surface area contributed by atoms with Gasteiger partial charge >= 0.3 is 0 Å². The minimum absolute atomic E-state index is 0.206. The number of nitrogens with one attached hydrogen (secondary N) is 1. The van der Waals surface area contributed by atoms with Crippen molar-refractivity contribution in [3.8, 4) is 11.5 Å². The van der Waals surface area contributed by atoms with Crippen LogP contribution in [0.15, 0.2) is 52.7 Å². The van der Waals surface area contributed by atoms with E-state index >= 15 is 0 Å². The van der Waals surface area contributed by atoms with E-state index in [1.165, 1.54) is 25.1 Å². The molecular weight excluding hydrogens is 356 g/mol. The third-order valence-corrected chi connectivity index (χ3v) is 3.89. The lowest BCUT2D eigenvalue weighted by Gasteiger charge is -2.09. The standard InChI is InChI=1S/C17H18N4O4S/c1-24-14-8-12(5-6-13(14)25-10-15(18)22)9-20-21-16(23)11-26-17-4-2-3-7-19-17/h2-9H,10-11H2,1H3,(H2,18,22)(H,21,23)/b20-9+. The van der Waals surface area contributed by atoms with E-state index in [1.807, 2.05) is 18.2 Å². The first-order valence-corrected chi connectivity index (χ1v) is 8.52. The zero-order valence-electron chi connectivity index (χ0n) is 14.0. The number of rotatable bonds is 9. The van der Waals surface area contributed by atoms with Gasteiger partial charge in [-0.1, -0.05) is 17.8 Å². The molecule has 1 aromatic carbocycles. The van der Waals surface area contributed by atoms with Gasteiger partial charge in [-0.3, -0.25) is 9.59 Å². The molecule has 136 valence electrons. The highest BCUT2D eigenvalue weighted by molar-refractivity contribution is 7.99. The van der Waals surface area contributed by atoms with Crippen LogP contribution in [0.5, 0.6) is 11.5 Å². The van der Waals surface area contributed by atoms with Gasteiger partial charge in [0.05, 0.1) is 24.1 Å². The normalized spacial score (nSPS) is 10.5. The molecule has 1 aromatic heterocycles. The molecule has 0 radical (unpaired) electrons. The maximum atomic E-state index is 11.8. The van der Waals surface area contributed by atoms with Gasteiger partial charge in [0.1, 0.15) is 0 Å². The van der Waals surface area contributed by atoms with Crippen molar-refractivity contribution >= 4 is 29.8 Å².